The fraction of sp³-hybridized carbons (Fsp3) is 0.0714. The number of hydrogen-bond acceptors (Lipinski definition) is 3. The molecular formula is C14H11Cl2N5O. The molecule has 0 aliphatic carbocycles. The van der Waals surface area contributed by atoms with Crippen LogP contribution in [-0.2, 0) is 7.05 Å². The summed E-state index contributed by atoms with van der Waals surface area (Å²) in [4.78, 5) is 12.1. The number of amides is 1. The number of rotatable bonds is 3. The van der Waals surface area contributed by atoms with Crippen LogP contribution < -0.4 is 5.32 Å². The van der Waals surface area contributed by atoms with Crippen molar-refractivity contribution in [3.05, 3.63) is 52.3 Å². The van der Waals surface area contributed by atoms with E-state index in [9.17, 15) is 4.79 Å². The molecule has 22 heavy (non-hydrogen) atoms. The van der Waals surface area contributed by atoms with E-state index in [0.717, 1.165) is 0 Å². The van der Waals surface area contributed by atoms with E-state index in [1.807, 2.05) is 0 Å². The first kappa shape index (κ1) is 14.6. The highest BCUT2D eigenvalue weighted by molar-refractivity contribution is 6.36. The number of hydrogen-bond donors (Lipinski definition) is 2. The third-order valence-electron chi connectivity index (χ3n) is 2.98. The molecule has 0 spiro atoms. The maximum absolute atomic E-state index is 12.1. The summed E-state index contributed by atoms with van der Waals surface area (Å²) < 4.78 is 1.60. The van der Waals surface area contributed by atoms with Crippen LogP contribution in [0, 0.1) is 0 Å². The van der Waals surface area contributed by atoms with Crippen molar-refractivity contribution in [3.63, 3.8) is 0 Å². The Bertz CT molecular complexity index is 839. The predicted molar refractivity (Wildman–Crippen MR) is 85.2 cm³/mol. The van der Waals surface area contributed by atoms with Gasteiger partial charge in [-0.1, -0.05) is 23.2 Å². The molecule has 0 bridgehead atoms. The van der Waals surface area contributed by atoms with E-state index in [-0.39, 0.29) is 5.91 Å². The Hall–Kier alpha value is -2.31. The molecule has 0 aliphatic heterocycles. The van der Waals surface area contributed by atoms with Gasteiger partial charge in [-0.05, 0) is 24.3 Å². The van der Waals surface area contributed by atoms with E-state index in [0.29, 0.717) is 32.8 Å². The topological polar surface area (TPSA) is 75.6 Å². The van der Waals surface area contributed by atoms with Gasteiger partial charge < -0.3 is 5.32 Å². The Kier molecular flexibility index (Phi) is 3.87. The molecule has 2 aromatic heterocycles. The minimum Gasteiger partial charge on any atom is -0.304 e. The van der Waals surface area contributed by atoms with Gasteiger partial charge in [-0.15, -0.1) is 0 Å². The first-order valence-electron chi connectivity index (χ1n) is 6.35. The Morgan fingerprint density at radius 1 is 1.27 bits per heavy atom. The van der Waals surface area contributed by atoms with Crippen LogP contribution in [-0.4, -0.2) is 25.9 Å². The average molecular weight is 336 g/mol. The summed E-state index contributed by atoms with van der Waals surface area (Å²) in [6.07, 6.45) is 1.74. The lowest BCUT2D eigenvalue weighted by atomic mass is 10.1. The highest BCUT2D eigenvalue weighted by atomic mass is 35.5. The number of aromatic amines is 1. The van der Waals surface area contributed by atoms with E-state index < -0.39 is 0 Å². The Morgan fingerprint density at radius 2 is 2.09 bits per heavy atom. The van der Waals surface area contributed by atoms with Gasteiger partial charge in [0.15, 0.2) is 5.82 Å². The van der Waals surface area contributed by atoms with Gasteiger partial charge >= 0.3 is 0 Å². The maximum atomic E-state index is 12.1. The molecule has 0 aliphatic rings. The monoisotopic (exact) mass is 335 g/mol. The number of halogens is 2. The predicted octanol–water partition coefficient (Wildman–Crippen LogP) is 3.37. The van der Waals surface area contributed by atoms with Crippen molar-refractivity contribution < 1.29 is 4.79 Å². The van der Waals surface area contributed by atoms with E-state index in [4.69, 9.17) is 23.2 Å². The van der Waals surface area contributed by atoms with Gasteiger partial charge in [0.2, 0.25) is 0 Å². The second kappa shape index (κ2) is 5.82. The quantitative estimate of drug-likeness (QED) is 0.770. The Labute approximate surface area is 136 Å². The molecule has 112 valence electrons. The van der Waals surface area contributed by atoms with Crippen LogP contribution in [0.25, 0.3) is 11.3 Å². The molecule has 2 N–H and O–H groups in total. The van der Waals surface area contributed by atoms with Crippen molar-refractivity contribution >= 4 is 34.9 Å². The van der Waals surface area contributed by atoms with Gasteiger partial charge in [0.25, 0.3) is 5.91 Å². The lowest BCUT2D eigenvalue weighted by Gasteiger charge is -2.00. The molecule has 0 radical (unpaired) electrons. The molecule has 8 heteroatoms. The van der Waals surface area contributed by atoms with Crippen molar-refractivity contribution in [3.8, 4) is 11.3 Å². The van der Waals surface area contributed by atoms with Crippen LogP contribution in [0.4, 0.5) is 5.82 Å². The second-order valence-electron chi connectivity index (χ2n) is 4.62. The minimum absolute atomic E-state index is 0.312. The van der Waals surface area contributed by atoms with E-state index >= 15 is 0 Å². The summed E-state index contributed by atoms with van der Waals surface area (Å²) in [5, 5.41) is 14.5. The van der Waals surface area contributed by atoms with Crippen molar-refractivity contribution in [1.29, 1.82) is 0 Å². The third-order valence-corrected chi connectivity index (χ3v) is 3.53. The molecule has 0 saturated heterocycles. The zero-order valence-corrected chi connectivity index (χ0v) is 13.0. The second-order valence-corrected chi connectivity index (χ2v) is 5.46. The largest absolute Gasteiger partial charge is 0.304 e. The summed E-state index contributed by atoms with van der Waals surface area (Å²) in [5.41, 5.74) is 1.57. The van der Waals surface area contributed by atoms with Gasteiger partial charge in [-0.2, -0.15) is 10.2 Å². The van der Waals surface area contributed by atoms with Gasteiger partial charge in [-0.25, -0.2) is 0 Å². The summed E-state index contributed by atoms with van der Waals surface area (Å²) in [6, 6.07) is 8.41. The smallest absolute Gasteiger partial charge is 0.274 e. The number of H-pyrrole nitrogens is 1. The number of aromatic nitrogens is 4. The van der Waals surface area contributed by atoms with Crippen LogP contribution in [0.2, 0.25) is 10.0 Å². The number of anilines is 1. The molecule has 0 saturated carbocycles. The molecular weight excluding hydrogens is 325 g/mol. The highest BCUT2D eigenvalue weighted by Crippen LogP contribution is 2.29. The molecule has 3 aromatic rings. The first-order valence-corrected chi connectivity index (χ1v) is 7.10. The van der Waals surface area contributed by atoms with E-state index in [1.165, 1.54) is 0 Å². The molecule has 0 fully saturated rings. The number of nitrogens with one attached hydrogen (secondary N) is 2. The molecule has 2 heterocycles. The first-order chi connectivity index (χ1) is 10.5. The van der Waals surface area contributed by atoms with Crippen molar-refractivity contribution in [2.45, 2.75) is 0 Å². The molecule has 6 nitrogen and oxygen atoms in total. The summed E-state index contributed by atoms with van der Waals surface area (Å²) in [6.45, 7) is 0. The van der Waals surface area contributed by atoms with E-state index in [2.05, 4.69) is 20.6 Å². The molecule has 1 aromatic carbocycles. The highest BCUT2D eigenvalue weighted by Gasteiger charge is 2.14. The third kappa shape index (κ3) is 2.98. The van der Waals surface area contributed by atoms with Gasteiger partial charge in [-0.3, -0.25) is 14.6 Å². The van der Waals surface area contributed by atoms with E-state index in [1.54, 1.807) is 48.3 Å². The lowest BCUT2D eigenvalue weighted by molar-refractivity contribution is 0.102. The van der Waals surface area contributed by atoms with Crippen LogP contribution in [0.15, 0.2) is 36.5 Å². The van der Waals surface area contributed by atoms with Crippen LogP contribution in [0.3, 0.4) is 0 Å². The molecule has 1 amide bonds. The molecule has 3 rings (SSSR count). The van der Waals surface area contributed by atoms with Crippen LogP contribution >= 0.6 is 23.2 Å². The zero-order chi connectivity index (χ0) is 15.7. The standard InChI is InChI=1S/C14H11Cl2N5O/c1-21-5-4-13(20-21)17-14(22)12-7-11(18-19-12)9-3-2-8(15)6-10(9)16/h2-7H,1H3,(H,18,19)(H,17,20,22). The summed E-state index contributed by atoms with van der Waals surface area (Å²) in [7, 11) is 1.77. The lowest BCUT2D eigenvalue weighted by Crippen LogP contribution is -2.12. The maximum Gasteiger partial charge on any atom is 0.274 e. The van der Waals surface area contributed by atoms with Gasteiger partial charge in [0.05, 0.1) is 10.7 Å². The number of nitrogens with zero attached hydrogens (tertiary/aromatic N) is 3. The minimum atomic E-state index is -0.331. The van der Waals surface area contributed by atoms with Gasteiger partial charge in [0.1, 0.15) is 5.69 Å². The molecule has 0 atom stereocenters. The number of aryl methyl sites for hydroxylation is 1. The van der Waals surface area contributed by atoms with Crippen molar-refractivity contribution in [2.75, 3.05) is 5.32 Å². The van der Waals surface area contributed by atoms with Crippen LogP contribution in [0.1, 0.15) is 10.5 Å². The Balaban J connectivity index is 1.82. The zero-order valence-electron chi connectivity index (χ0n) is 11.5. The number of benzene rings is 1. The Morgan fingerprint density at radius 3 is 2.77 bits per heavy atom. The molecule has 0 unspecified atom stereocenters. The summed E-state index contributed by atoms with van der Waals surface area (Å²) >= 11 is 12.0. The average Bonchev–Trinajstić information content (AvgIpc) is 3.08. The number of carbonyl (C=O) groups excluding carboxylic acids is 1. The van der Waals surface area contributed by atoms with Gasteiger partial charge in [0, 0.05) is 29.9 Å². The fourth-order valence-corrected chi connectivity index (χ4v) is 2.44. The fourth-order valence-electron chi connectivity index (χ4n) is 1.94. The van der Waals surface area contributed by atoms with Crippen LogP contribution in [0.5, 0.6) is 0 Å². The number of carbonyl (C=O) groups is 1. The normalized spacial score (nSPS) is 10.7. The van der Waals surface area contributed by atoms with Crippen molar-refractivity contribution in [2.24, 2.45) is 7.05 Å². The van der Waals surface area contributed by atoms with Crippen molar-refractivity contribution in [1.82, 2.24) is 20.0 Å². The SMILES string of the molecule is Cn1ccc(NC(=O)c2cc(-c3ccc(Cl)cc3Cl)n[nH]2)n1. The summed E-state index contributed by atoms with van der Waals surface area (Å²) in [5.74, 6) is 0.135.